The lowest BCUT2D eigenvalue weighted by atomic mass is 10.1. The van der Waals surface area contributed by atoms with Crippen LogP contribution in [0.25, 0.3) is 0 Å². The molecule has 0 aromatic heterocycles. The third-order valence-corrected chi connectivity index (χ3v) is 4.57. The standard InChI is InChI=1S/C19H18F4N2O/c1-13-18(26)25(17-4-2-3-15(11-17)19(21,22)23)10-9-24(13)12-14-5-7-16(20)8-6-14/h2-8,11,13H,9-10,12H2,1H3. The van der Waals surface area contributed by atoms with Crippen molar-refractivity contribution in [1.82, 2.24) is 4.90 Å². The molecular weight excluding hydrogens is 348 g/mol. The third kappa shape index (κ3) is 3.88. The van der Waals surface area contributed by atoms with Crippen LogP contribution in [0.1, 0.15) is 18.1 Å². The zero-order valence-electron chi connectivity index (χ0n) is 14.1. The molecule has 2 aromatic carbocycles. The van der Waals surface area contributed by atoms with Crippen LogP contribution in [0.15, 0.2) is 48.5 Å². The van der Waals surface area contributed by atoms with Crippen LogP contribution in [0.4, 0.5) is 23.2 Å². The first kappa shape index (κ1) is 18.4. The summed E-state index contributed by atoms with van der Waals surface area (Å²) in [6, 6.07) is 10.4. The van der Waals surface area contributed by atoms with Crippen LogP contribution >= 0.6 is 0 Å². The number of benzene rings is 2. The second-order valence-corrected chi connectivity index (χ2v) is 6.31. The number of alkyl halides is 3. The van der Waals surface area contributed by atoms with Crippen molar-refractivity contribution in [2.75, 3.05) is 18.0 Å². The van der Waals surface area contributed by atoms with E-state index in [1.807, 2.05) is 4.90 Å². The van der Waals surface area contributed by atoms with E-state index < -0.39 is 17.8 Å². The molecule has 0 bridgehead atoms. The Morgan fingerprint density at radius 3 is 2.42 bits per heavy atom. The minimum Gasteiger partial charge on any atom is -0.310 e. The van der Waals surface area contributed by atoms with E-state index in [1.165, 1.54) is 29.2 Å². The first-order valence-electron chi connectivity index (χ1n) is 8.23. The second kappa shape index (κ2) is 7.07. The van der Waals surface area contributed by atoms with Crippen molar-refractivity contribution in [3.63, 3.8) is 0 Å². The van der Waals surface area contributed by atoms with E-state index in [0.29, 0.717) is 19.6 Å². The van der Waals surface area contributed by atoms with E-state index in [4.69, 9.17) is 0 Å². The number of nitrogens with zero attached hydrogens (tertiary/aromatic N) is 2. The van der Waals surface area contributed by atoms with Crippen LogP contribution in [0.3, 0.4) is 0 Å². The molecule has 0 spiro atoms. The van der Waals surface area contributed by atoms with Gasteiger partial charge in [-0.05, 0) is 42.8 Å². The van der Waals surface area contributed by atoms with Crippen molar-refractivity contribution < 1.29 is 22.4 Å². The van der Waals surface area contributed by atoms with Crippen molar-refractivity contribution in [1.29, 1.82) is 0 Å². The lowest BCUT2D eigenvalue weighted by molar-refractivity contribution is -0.137. The van der Waals surface area contributed by atoms with Gasteiger partial charge < -0.3 is 4.90 Å². The molecule has 1 atom stereocenters. The van der Waals surface area contributed by atoms with Gasteiger partial charge in [0.05, 0.1) is 11.6 Å². The molecular formula is C19H18F4N2O. The number of carbonyl (C=O) groups is 1. The van der Waals surface area contributed by atoms with Gasteiger partial charge >= 0.3 is 6.18 Å². The quantitative estimate of drug-likeness (QED) is 0.764. The van der Waals surface area contributed by atoms with E-state index in [-0.39, 0.29) is 17.4 Å². The molecule has 1 fully saturated rings. The molecule has 1 aliphatic rings. The van der Waals surface area contributed by atoms with Gasteiger partial charge in [-0.25, -0.2) is 4.39 Å². The first-order chi connectivity index (χ1) is 12.3. The highest BCUT2D eigenvalue weighted by Gasteiger charge is 2.34. The predicted octanol–water partition coefficient (Wildman–Crippen LogP) is 4.08. The van der Waals surface area contributed by atoms with Crippen molar-refractivity contribution >= 4 is 11.6 Å². The average Bonchev–Trinajstić information content (AvgIpc) is 2.60. The van der Waals surface area contributed by atoms with E-state index in [9.17, 15) is 22.4 Å². The molecule has 1 amide bonds. The number of hydrogen-bond acceptors (Lipinski definition) is 2. The predicted molar refractivity (Wildman–Crippen MR) is 90.1 cm³/mol. The topological polar surface area (TPSA) is 23.6 Å². The summed E-state index contributed by atoms with van der Waals surface area (Å²) in [5, 5.41) is 0. The minimum atomic E-state index is -4.45. The maximum atomic E-state index is 13.0. The van der Waals surface area contributed by atoms with Crippen molar-refractivity contribution in [3.8, 4) is 0 Å². The molecule has 1 heterocycles. The number of halogens is 4. The molecule has 2 aromatic rings. The molecule has 1 saturated heterocycles. The fraction of sp³-hybridized carbons (Fsp3) is 0.316. The van der Waals surface area contributed by atoms with Crippen LogP contribution < -0.4 is 4.90 Å². The summed E-state index contributed by atoms with van der Waals surface area (Å²) in [6.07, 6.45) is -4.45. The van der Waals surface area contributed by atoms with Crippen LogP contribution in [-0.4, -0.2) is 29.9 Å². The average molecular weight is 366 g/mol. The van der Waals surface area contributed by atoms with E-state index in [0.717, 1.165) is 17.7 Å². The Kier molecular flexibility index (Phi) is 5.00. The highest BCUT2D eigenvalue weighted by Crippen LogP contribution is 2.32. The van der Waals surface area contributed by atoms with E-state index in [2.05, 4.69) is 0 Å². The van der Waals surface area contributed by atoms with Crippen LogP contribution in [-0.2, 0) is 17.5 Å². The monoisotopic (exact) mass is 366 g/mol. The number of amides is 1. The molecule has 0 N–H and O–H groups in total. The molecule has 138 valence electrons. The van der Waals surface area contributed by atoms with Gasteiger partial charge in [0, 0.05) is 25.3 Å². The first-order valence-corrected chi connectivity index (χ1v) is 8.23. The highest BCUT2D eigenvalue weighted by atomic mass is 19.4. The maximum absolute atomic E-state index is 13.0. The largest absolute Gasteiger partial charge is 0.416 e. The molecule has 0 saturated carbocycles. The molecule has 7 heteroatoms. The highest BCUT2D eigenvalue weighted by molar-refractivity contribution is 5.97. The Morgan fingerprint density at radius 1 is 1.08 bits per heavy atom. The molecule has 1 aliphatic heterocycles. The SMILES string of the molecule is CC1C(=O)N(c2cccc(C(F)(F)F)c2)CCN1Cc1ccc(F)cc1. The number of piperazine rings is 1. The zero-order valence-corrected chi connectivity index (χ0v) is 14.1. The fourth-order valence-corrected chi connectivity index (χ4v) is 3.06. The van der Waals surface area contributed by atoms with Crippen LogP contribution in [0.5, 0.6) is 0 Å². The van der Waals surface area contributed by atoms with Crippen molar-refractivity contribution in [2.24, 2.45) is 0 Å². The summed E-state index contributed by atoms with van der Waals surface area (Å²) in [5.74, 6) is -0.579. The summed E-state index contributed by atoms with van der Waals surface area (Å²) in [5.41, 5.74) is 0.348. The summed E-state index contributed by atoms with van der Waals surface area (Å²) < 4.78 is 51.7. The summed E-state index contributed by atoms with van der Waals surface area (Å²) >= 11 is 0. The summed E-state index contributed by atoms with van der Waals surface area (Å²) in [7, 11) is 0. The van der Waals surface area contributed by atoms with Crippen LogP contribution in [0, 0.1) is 5.82 Å². The van der Waals surface area contributed by atoms with Crippen molar-refractivity contribution in [2.45, 2.75) is 25.7 Å². The summed E-state index contributed by atoms with van der Waals surface area (Å²) in [6.45, 7) is 3.02. The zero-order chi connectivity index (χ0) is 18.9. The number of anilines is 1. The molecule has 26 heavy (non-hydrogen) atoms. The summed E-state index contributed by atoms with van der Waals surface area (Å²) in [4.78, 5) is 16.0. The minimum absolute atomic E-state index is 0.248. The third-order valence-electron chi connectivity index (χ3n) is 4.57. The number of carbonyl (C=O) groups excluding carboxylic acids is 1. The Morgan fingerprint density at radius 2 is 1.77 bits per heavy atom. The van der Waals surface area contributed by atoms with E-state index >= 15 is 0 Å². The van der Waals surface area contributed by atoms with Gasteiger partial charge in [0.2, 0.25) is 5.91 Å². The van der Waals surface area contributed by atoms with Gasteiger partial charge in [0.15, 0.2) is 0 Å². The normalized spacial score (nSPS) is 19.0. The smallest absolute Gasteiger partial charge is 0.310 e. The molecule has 0 radical (unpaired) electrons. The van der Waals surface area contributed by atoms with Gasteiger partial charge in [0.25, 0.3) is 0 Å². The van der Waals surface area contributed by atoms with Gasteiger partial charge in [0.1, 0.15) is 5.82 Å². The van der Waals surface area contributed by atoms with Crippen molar-refractivity contribution in [3.05, 3.63) is 65.5 Å². The lowest BCUT2D eigenvalue weighted by Crippen LogP contribution is -2.55. The molecule has 3 nitrogen and oxygen atoms in total. The van der Waals surface area contributed by atoms with Gasteiger partial charge in [-0.1, -0.05) is 18.2 Å². The molecule has 1 unspecified atom stereocenters. The number of rotatable bonds is 3. The molecule has 0 aliphatic carbocycles. The lowest BCUT2D eigenvalue weighted by Gasteiger charge is -2.39. The van der Waals surface area contributed by atoms with Gasteiger partial charge in [-0.3, -0.25) is 9.69 Å². The van der Waals surface area contributed by atoms with E-state index in [1.54, 1.807) is 19.1 Å². The Balaban J connectivity index is 1.74. The van der Waals surface area contributed by atoms with Gasteiger partial charge in [-0.2, -0.15) is 13.2 Å². The van der Waals surface area contributed by atoms with Crippen LogP contribution in [0.2, 0.25) is 0 Å². The maximum Gasteiger partial charge on any atom is 0.416 e. The Hall–Kier alpha value is -2.41. The molecule has 3 rings (SSSR count). The Labute approximate surface area is 148 Å². The second-order valence-electron chi connectivity index (χ2n) is 6.31. The fourth-order valence-electron chi connectivity index (χ4n) is 3.06. The van der Waals surface area contributed by atoms with Gasteiger partial charge in [-0.15, -0.1) is 0 Å². The Bertz CT molecular complexity index is 789. The number of hydrogen-bond donors (Lipinski definition) is 0.